The second kappa shape index (κ2) is 3.61. The summed E-state index contributed by atoms with van der Waals surface area (Å²) in [5.41, 5.74) is 0. The summed E-state index contributed by atoms with van der Waals surface area (Å²) in [6.45, 7) is 7.80. The highest BCUT2D eigenvalue weighted by Gasteiger charge is 2.52. The van der Waals surface area contributed by atoms with E-state index in [0.29, 0.717) is 6.10 Å². The summed E-state index contributed by atoms with van der Waals surface area (Å²) >= 11 is 0. The summed E-state index contributed by atoms with van der Waals surface area (Å²) in [5, 5.41) is 0. The fraction of sp³-hybridized carbons (Fsp3) is 1.00. The van der Waals surface area contributed by atoms with Gasteiger partial charge in [-0.2, -0.15) is 0 Å². The fourth-order valence-corrected chi connectivity index (χ4v) is 3.87. The average molecular weight is 182 g/mol. The van der Waals surface area contributed by atoms with Gasteiger partial charge in [-0.25, -0.2) is 0 Å². The van der Waals surface area contributed by atoms with E-state index < -0.39 is 0 Å². The molecule has 1 nitrogen and oxygen atoms in total. The fourth-order valence-electron chi connectivity index (χ4n) is 3.87. The molecule has 0 heterocycles. The Balaban J connectivity index is 2.08. The Morgan fingerprint density at radius 3 is 2.38 bits per heavy atom. The maximum absolute atomic E-state index is 5.89. The molecule has 76 valence electrons. The van der Waals surface area contributed by atoms with Crippen molar-refractivity contribution < 1.29 is 4.74 Å². The standard InChI is InChI=1S/C12H22O/c1-4-9-8(3)10-6-7-11(9)12(10)13-5-2/h8-12H,4-7H2,1-3H3. The zero-order valence-electron chi connectivity index (χ0n) is 9.12. The van der Waals surface area contributed by atoms with E-state index in [4.69, 9.17) is 4.74 Å². The zero-order valence-corrected chi connectivity index (χ0v) is 9.12. The molecule has 5 unspecified atom stereocenters. The van der Waals surface area contributed by atoms with Crippen LogP contribution in [0.1, 0.15) is 40.0 Å². The highest BCUT2D eigenvalue weighted by molar-refractivity contribution is 5.01. The molecule has 0 spiro atoms. The first kappa shape index (κ1) is 9.51. The van der Waals surface area contributed by atoms with Gasteiger partial charge in [0.05, 0.1) is 6.10 Å². The first-order chi connectivity index (χ1) is 6.29. The number of hydrogen-bond donors (Lipinski definition) is 0. The smallest absolute Gasteiger partial charge is 0.0636 e. The molecule has 2 aliphatic carbocycles. The van der Waals surface area contributed by atoms with Gasteiger partial charge >= 0.3 is 0 Å². The number of ether oxygens (including phenoxy) is 1. The average Bonchev–Trinajstić information content (AvgIpc) is 2.61. The van der Waals surface area contributed by atoms with Gasteiger partial charge in [-0.05, 0) is 43.4 Å². The van der Waals surface area contributed by atoms with Crippen molar-refractivity contribution in [2.24, 2.45) is 23.7 Å². The van der Waals surface area contributed by atoms with E-state index in [1.165, 1.54) is 19.3 Å². The molecular weight excluding hydrogens is 160 g/mol. The second-order valence-electron chi connectivity index (χ2n) is 4.76. The van der Waals surface area contributed by atoms with Crippen molar-refractivity contribution in [1.29, 1.82) is 0 Å². The van der Waals surface area contributed by atoms with Crippen molar-refractivity contribution in [2.45, 2.75) is 46.1 Å². The van der Waals surface area contributed by atoms with Gasteiger partial charge in [0.25, 0.3) is 0 Å². The van der Waals surface area contributed by atoms with E-state index in [-0.39, 0.29) is 0 Å². The lowest BCUT2D eigenvalue weighted by Gasteiger charge is -2.26. The molecular formula is C12H22O. The highest BCUT2D eigenvalue weighted by Crippen LogP contribution is 2.54. The number of rotatable bonds is 3. The summed E-state index contributed by atoms with van der Waals surface area (Å²) in [6, 6.07) is 0. The molecule has 0 amide bonds. The third kappa shape index (κ3) is 1.32. The van der Waals surface area contributed by atoms with Crippen LogP contribution in [0.4, 0.5) is 0 Å². The molecule has 5 atom stereocenters. The zero-order chi connectivity index (χ0) is 9.42. The van der Waals surface area contributed by atoms with Crippen LogP contribution in [-0.2, 0) is 4.74 Å². The predicted octanol–water partition coefficient (Wildman–Crippen LogP) is 3.09. The minimum Gasteiger partial charge on any atom is -0.378 e. The van der Waals surface area contributed by atoms with Gasteiger partial charge in [-0.1, -0.05) is 20.3 Å². The molecule has 0 aromatic rings. The Morgan fingerprint density at radius 1 is 1.15 bits per heavy atom. The van der Waals surface area contributed by atoms with Crippen molar-refractivity contribution in [1.82, 2.24) is 0 Å². The number of hydrogen-bond acceptors (Lipinski definition) is 1. The maximum Gasteiger partial charge on any atom is 0.0636 e. The molecule has 0 aromatic carbocycles. The predicted molar refractivity (Wildman–Crippen MR) is 54.6 cm³/mol. The molecule has 2 bridgehead atoms. The number of fused-ring (bicyclic) bond motifs is 2. The monoisotopic (exact) mass is 182 g/mol. The largest absolute Gasteiger partial charge is 0.378 e. The molecule has 2 aliphatic rings. The molecule has 0 saturated heterocycles. The Labute approximate surface area is 81.9 Å². The third-order valence-corrected chi connectivity index (χ3v) is 4.41. The van der Waals surface area contributed by atoms with Crippen LogP contribution in [0.25, 0.3) is 0 Å². The molecule has 0 radical (unpaired) electrons. The van der Waals surface area contributed by atoms with Crippen molar-refractivity contribution >= 4 is 0 Å². The van der Waals surface area contributed by atoms with Crippen LogP contribution in [0.2, 0.25) is 0 Å². The molecule has 2 rings (SSSR count). The normalized spacial score (nSPS) is 48.7. The van der Waals surface area contributed by atoms with Gasteiger partial charge in [0.2, 0.25) is 0 Å². The lowest BCUT2D eigenvalue weighted by atomic mass is 9.79. The Morgan fingerprint density at radius 2 is 1.85 bits per heavy atom. The van der Waals surface area contributed by atoms with Crippen LogP contribution >= 0.6 is 0 Å². The molecule has 2 saturated carbocycles. The lowest BCUT2D eigenvalue weighted by Crippen LogP contribution is -2.19. The summed E-state index contributed by atoms with van der Waals surface area (Å²) in [6.07, 6.45) is 4.82. The van der Waals surface area contributed by atoms with Crippen LogP contribution in [-0.4, -0.2) is 12.7 Å². The van der Waals surface area contributed by atoms with Crippen LogP contribution in [0, 0.1) is 23.7 Å². The van der Waals surface area contributed by atoms with Crippen molar-refractivity contribution in [2.75, 3.05) is 6.61 Å². The van der Waals surface area contributed by atoms with Gasteiger partial charge in [-0.15, -0.1) is 0 Å². The van der Waals surface area contributed by atoms with E-state index in [1.54, 1.807) is 0 Å². The molecule has 13 heavy (non-hydrogen) atoms. The lowest BCUT2D eigenvalue weighted by molar-refractivity contribution is 0.0251. The highest BCUT2D eigenvalue weighted by atomic mass is 16.5. The molecule has 0 aromatic heterocycles. The van der Waals surface area contributed by atoms with E-state index in [9.17, 15) is 0 Å². The minimum atomic E-state index is 0.616. The summed E-state index contributed by atoms with van der Waals surface area (Å²) in [4.78, 5) is 0. The van der Waals surface area contributed by atoms with E-state index in [0.717, 1.165) is 30.3 Å². The first-order valence-corrected chi connectivity index (χ1v) is 5.91. The Hall–Kier alpha value is -0.0400. The molecule has 0 N–H and O–H groups in total. The summed E-state index contributed by atoms with van der Waals surface area (Å²) in [5.74, 6) is 3.65. The van der Waals surface area contributed by atoms with E-state index in [2.05, 4.69) is 20.8 Å². The van der Waals surface area contributed by atoms with Crippen LogP contribution in [0.3, 0.4) is 0 Å². The molecule has 2 fully saturated rings. The first-order valence-electron chi connectivity index (χ1n) is 5.91. The molecule has 1 heteroatoms. The van der Waals surface area contributed by atoms with E-state index in [1.807, 2.05) is 0 Å². The quantitative estimate of drug-likeness (QED) is 0.651. The SMILES string of the molecule is CCOC1C2CCC1C(CC)C2C. The van der Waals surface area contributed by atoms with Crippen molar-refractivity contribution in [3.05, 3.63) is 0 Å². The van der Waals surface area contributed by atoms with Crippen molar-refractivity contribution in [3.63, 3.8) is 0 Å². The maximum atomic E-state index is 5.89. The Bertz CT molecular complexity index is 178. The van der Waals surface area contributed by atoms with Crippen LogP contribution in [0.5, 0.6) is 0 Å². The minimum absolute atomic E-state index is 0.616. The third-order valence-electron chi connectivity index (χ3n) is 4.41. The van der Waals surface area contributed by atoms with Gasteiger partial charge in [0.15, 0.2) is 0 Å². The topological polar surface area (TPSA) is 9.23 Å². The van der Waals surface area contributed by atoms with Crippen molar-refractivity contribution in [3.8, 4) is 0 Å². The summed E-state index contributed by atoms with van der Waals surface area (Å²) < 4.78 is 5.89. The van der Waals surface area contributed by atoms with Gasteiger partial charge in [-0.3, -0.25) is 0 Å². The summed E-state index contributed by atoms with van der Waals surface area (Å²) in [7, 11) is 0. The van der Waals surface area contributed by atoms with Crippen LogP contribution in [0.15, 0.2) is 0 Å². The second-order valence-corrected chi connectivity index (χ2v) is 4.76. The van der Waals surface area contributed by atoms with Gasteiger partial charge in [0.1, 0.15) is 0 Å². The van der Waals surface area contributed by atoms with Gasteiger partial charge in [0, 0.05) is 6.61 Å². The van der Waals surface area contributed by atoms with E-state index >= 15 is 0 Å². The van der Waals surface area contributed by atoms with Gasteiger partial charge < -0.3 is 4.74 Å². The Kier molecular flexibility index (Phi) is 2.64. The molecule has 0 aliphatic heterocycles. The van der Waals surface area contributed by atoms with Crippen LogP contribution < -0.4 is 0 Å².